The van der Waals surface area contributed by atoms with Gasteiger partial charge < -0.3 is 4.90 Å². The molecule has 1 aromatic carbocycles. The first-order valence-electron chi connectivity index (χ1n) is 9.06. The van der Waals surface area contributed by atoms with Gasteiger partial charge in [-0.05, 0) is 11.5 Å². The van der Waals surface area contributed by atoms with Crippen LogP contribution in [0.1, 0.15) is 25.0 Å². The van der Waals surface area contributed by atoms with E-state index in [9.17, 15) is 9.59 Å². The predicted molar refractivity (Wildman–Crippen MR) is 112 cm³/mol. The maximum atomic E-state index is 12.8. The Labute approximate surface area is 160 Å². The van der Waals surface area contributed by atoms with Crippen molar-refractivity contribution in [1.29, 1.82) is 0 Å². The molecule has 0 spiro atoms. The standard InChI is InChI=1S/C21H28N4O2/c1-6-12-25(15-17-10-8-7-9-11-17)19-18(14-22-13-16(2)3)20(26)24(5)21(27)23(19)4/h6-11,14,16H,1,12-13,15H2,2-5H3. The van der Waals surface area contributed by atoms with Gasteiger partial charge in [0.25, 0.3) is 5.56 Å². The molecule has 6 heteroatoms. The molecule has 0 aliphatic heterocycles. The molecule has 2 rings (SSSR count). The van der Waals surface area contributed by atoms with Crippen LogP contribution in [0.2, 0.25) is 0 Å². The van der Waals surface area contributed by atoms with Gasteiger partial charge in [0.2, 0.25) is 0 Å². The van der Waals surface area contributed by atoms with Crippen molar-refractivity contribution in [3.8, 4) is 0 Å². The molecule has 0 aliphatic rings. The van der Waals surface area contributed by atoms with Crippen molar-refractivity contribution in [2.24, 2.45) is 25.0 Å². The van der Waals surface area contributed by atoms with Crippen molar-refractivity contribution in [2.45, 2.75) is 20.4 Å². The number of rotatable bonds is 8. The largest absolute Gasteiger partial charge is 0.349 e. The van der Waals surface area contributed by atoms with Crippen LogP contribution in [-0.4, -0.2) is 28.4 Å². The minimum absolute atomic E-state index is 0.345. The zero-order valence-electron chi connectivity index (χ0n) is 16.6. The van der Waals surface area contributed by atoms with Crippen LogP contribution in [0.4, 0.5) is 5.82 Å². The van der Waals surface area contributed by atoms with Gasteiger partial charge in [-0.15, -0.1) is 6.58 Å². The number of aromatic nitrogens is 2. The Morgan fingerprint density at radius 1 is 1.15 bits per heavy atom. The van der Waals surface area contributed by atoms with E-state index in [1.807, 2.05) is 35.2 Å². The lowest BCUT2D eigenvalue weighted by Crippen LogP contribution is -2.43. The third-order valence-electron chi connectivity index (χ3n) is 4.22. The van der Waals surface area contributed by atoms with Crippen LogP contribution in [0.5, 0.6) is 0 Å². The Morgan fingerprint density at radius 2 is 1.81 bits per heavy atom. The normalized spacial score (nSPS) is 11.3. The van der Waals surface area contributed by atoms with Crippen LogP contribution in [-0.2, 0) is 20.6 Å². The van der Waals surface area contributed by atoms with E-state index < -0.39 is 0 Å². The van der Waals surface area contributed by atoms with E-state index in [2.05, 4.69) is 25.4 Å². The number of nitrogens with zero attached hydrogens (tertiary/aromatic N) is 4. The van der Waals surface area contributed by atoms with Gasteiger partial charge in [0, 0.05) is 39.9 Å². The molecule has 0 radical (unpaired) electrons. The van der Waals surface area contributed by atoms with E-state index in [4.69, 9.17) is 0 Å². The van der Waals surface area contributed by atoms with Gasteiger partial charge in [-0.3, -0.25) is 18.9 Å². The second kappa shape index (κ2) is 9.16. The average Bonchev–Trinajstić information content (AvgIpc) is 2.64. The molecule has 0 unspecified atom stereocenters. The number of aliphatic imine (C=N–C) groups is 1. The van der Waals surface area contributed by atoms with Crippen LogP contribution in [0.15, 0.2) is 57.6 Å². The van der Waals surface area contributed by atoms with Gasteiger partial charge in [0.15, 0.2) is 0 Å². The monoisotopic (exact) mass is 368 g/mol. The van der Waals surface area contributed by atoms with E-state index >= 15 is 0 Å². The fraction of sp³-hybridized carbons (Fsp3) is 0.381. The van der Waals surface area contributed by atoms with Crippen LogP contribution in [0.25, 0.3) is 0 Å². The molecule has 0 aliphatic carbocycles. The molecule has 0 N–H and O–H groups in total. The summed E-state index contributed by atoms with van der Waals surface area (Å²) in [5.74, 6) is 0.939. The molecule has 0 fully saturated rings. The van der Waals surface area contributed by atoms with Crippen molar-refractivity contribution in [1.82, 2.24) is 9.13 Å². The first kappa shape index (κ1) is 20.4. The summed E-state index contributed by atoms with van der Waals surface area (Å²) in [6.45, 7) is 9.63. The molecule has 0 saturated carbocycles. The van der Waals surface area contributed by atoms with Crippen molar-refractivity contribution in [3.63, 3.8) is 0 Å². The van der Waals surface area contributed by atoms with Gasteiger partial charge in [0.1, 0.15) is 5.82 Å². The van der Waals surface area contributed by atoms with Crippen molar-refractivity contribution in [3.05, 3.63) is 75.0 Å². The van der Waals surface area contributed by atoms with E-state index in [1.54, 1.807) is 19.3 Å². The van der Waals surface area contributed by atoms with Crippen LogP contribution >= 0.6 is 0 Å². The van der Waals surface area contributed by atoms with Crippen molar-refractivity contribution < 1.29 is 0 Å². The van der Waals surface area contributed by atoms with Crippen molar-refractivity contribution >= 4 is 12.0 Å². The predicted octanol–water partition coefficient (Wildman–Crippen LogP) is 2.35. The summed E-state index contributed by atoms with van der Waals surface area (Å²) in [4.78, 5) is 31.7. The fourth-order valence-corrected chi connectivity index (χ4v) is 2.90. The molecule has 2 aromatic rings. The number of anilines is 1. The van der Waals surface area contributed by atoms with Crippen LogP contribution < -0.4 is 16.1 Å². The lowest BCUT2D eigenvalue weighted by molar-refractivity contribution is 0.658. The van der Waals surface area contributed by atoms with E-state index in [0.717, 1.165) is 10.1 Å². The number of hydrogen-bond donors (Lipinski definition) is 0. The molecule has 144 valence electrons. The van der Waals surface area contributed by atoms with Gasteiger partial charge in [0.05, 0.1) is 5.56 Å². The highest BCUT2D eigenvalue weighted by Gasteiger charge is 2.19. The minimum atomic E-state index is -0.363. The third kappa shape index (κ3) is 4.84. The highest BCUT2D eigenvalue weighted by Crippen LogP contribution is 2.17. The Bertz CT molecular complexity index is 924. The van der Waals surface area contributed by atoms with E-state index in [-0.39, 0.29) is 11.2 Å². The van der Waals surface area contributed by atoms with Crippen LogP contribution in [0.3, 0.4) is 0 Å². The molecule has 1 aromatic heterocycles. The van der Waals surface area contributed by atoms with Gasteiger partial charge >= 0.3 is 5.69 Å². The molecule has 27 heavy (non-hydrogen) atoms. The SMILES string of the molecule is C=CCN(Cc1ccccc1)c1c(C=NCC(C)C)c(=O)n(C)c(=O)n1C. The average molecular weight is 368 g/mol. The fourth-order valence-electron chi connectivity index (χ4n) is 2.90. The second-order valence-corrected chi connectivity index (χ2v) is 6.99. The summed E-state index contributed by atoms with van der Waals surface area (Å²) in [6, 6.07) is 9.92. The smallest absolute Gasteiger partial charge is 0.332 e. The summed E-state index contributed by atoms with van der Waals surface area (Å²) in [7, 11) is 3.17. The Hall–Kier alpha value is -2.89. The molecular weight excluding hydrogens is 340 g/mol. The first-order valence-corrected chi connectivity index (χ1v) is 9.06. The lowest BCUT2D eigenvalue weighted by Gasteiger charge is -2.27. The third-order valence-corrected chi connectivity index (χ3v) is 4.22. The zero-order chi connectivity index (χ0) is 20.0. The van der Waals surface area contributed by atoms with E-state index in [1.165, 1.54) is 11.6 Å². The Morgan fingerprint density at radius 3 is 2.41 bits per heavy atom. The summed E-state index contributed by atoms with van der Waals surface area (Å²) in [5.41, 5.74) is 0.788. The first-order chi connectivity index (χ1) is 12.9. The van der Waals surface area contributed by atoms with Crippen molar-refractivity contribution in [2.75, 3.05) is 18.0 Å². The molecule has 0 amide bonds. The molecule has 0 bridgehead atoms. The topological polar surface area (TPSA) is 59.6 Å². The molecular formula is C21H28N4O2. The van der Waals surface area contributed by atoms with Gasteiger partial charge in [-0.25, -0.2) is 4.79 Å². The molecule has 0 atom stereocenters. The highest BCUT2D eigenvalue weighted by atomic mass is 16.2. The van der Waals surface area contributed by atoms with Gasteiger partial charge in [-0.2, -0.15) is 0 Å². The quantitative estimate of drug-likeness (QED) is 0.531. The summed E-state index contributed by atoms with van der Waals surface area (Å²) in [6.07, 6.45) is 3.36. The highest BCUT2D eigenvalue weighted by molar-refractivity contribution is 5.86. The summed E-state index contributed by atoms with van der Waals surface area (Å²) >= 11 is 0. The molecule has 6 nitrogen and oxygen atoms in total. The maximum Gasteiger partial charge on any atom is 0.332 e. The second-order valence-electron chi connectivity index (χ2n) is 6.99. The minimum Gasteiger partial charge on any atom is -0.349 e. The zero-order valence-corrected chi connectivity index (χ0v) is 16.6. The van der Waals surface area contributed by atoms with Crippen LogP contribution in [0, 0.1) is 5.92 Å². The maximum absolute atomic E-state index is 12.8. The number of hydrogen-bond acceptors (Lipinski definition) is 4. The summed E-state index contributed by atoms with van der Waals surface area (Å²) < 4.78 is 2.62. The Kier molecular flexibility index (Phi) is 6.93. The number of benzene rings is 1. The summed E-state index contributed by atoms with van der Waals surface area (Å²) in [5, 5.41) is 0. The lowest BCUT2D eigenvalue weighted by atomic mass is 10.2. The van der Waals surface area contributed by atoms with Gasteiger partial charge in [-0.1, -0.05) is 50.3 Å². The van der Waals surface area contributed by atoms with E-state index in [0.29, 0.717) is 36.9 Å². The Balaban J connectivity index is 2.62. The molecule has 0 saturated heterocycles. The molecule has 1 heterocycles.